The number of aromatic nitrogens is 2. The van der Waals surface area contributed by atoms with Crippen molar-refractivity contribution in [3.8, 4) is 16.8 Å². The summed E-state index contributed by atoms with van der Waals surface area (Å²) < 4.78 is 25.9. The van der Waals surface area contributed by atoms with E-state index in [1.807, 2.05) is 54.6 Å². The highest BCUT2D eigenvalue weighted by Crippen LogP contribution is 2.33. The van der Waals surface area contributed by atoms with Crippen LogP contribution in [0, 0.1) is 0 Å². The first-order valence-corrected chi connectivity index (χ1v) is 12.6. The molecule has 4 aromatic rings. The van der Waals surface area contributed by atoms with Crippen molar-refractivity contribution >= 4 is 33.2 Å². The highest BCUT2D eigenvalue weighted by molar-refractivity contribution is 7.90. The van der Waals surface area contributed by atoms with E-state index in [1.54, 1.807) is 28.9 Å². The number of amides is 1. The number of carbonyl (C=O) groups excluding carboxylic acids is 1. The van der Waals surface area contributed by atoms with Gasteiger partial charge in [-0.05, 0) is 41.0 Å². The molecular formula is C25H20ClN3O3S. The zero-order valence-corrected chi connectivity index (χ0v) is 19.1. The predicted molar refractivity (Wildman–Crippen MR) is 129 cm³/mol. The molecule has 2 heterocycles. The van der Waals surface area contributed by atoms with E-state index in [2.05, 4.69) is 10.4 Å². The Balaban J connectivity index is 1.39. The molecule has 1 aliphatic heterocycles. The summed E-state index contributed by atoms with van der Waals surface area (Å²) in [6.07, 6.45) is 0.155. The molecule has 6 nitrogen and oxygen atoms in total. The Labute approximate surface area is 196 Å². The fourth-order valence-electron chi connectivity index (χ4n) is 3.95. The molecular weight excluding hydrogens is 458 g/mol. The number of sulfone groups is 1. The third kappa shape index (κ3) is 4.55. The molecule has 0 saturated carbocycles. The van der Waals surface area contributed by atoms with E-state index in [1.165, 1.54) is 0 Å². The van der Waals surface area contributed by atoms with Crippen molar-refractivity contribution in [2.75, 3.05) is 5.32 Å². The standard InChI is InChI=1S/C25H20ClN3O3S/c26-20-10-12-21(13-11-20)29-25(22-15-33(31,32)16-23(22)28-29)27-24(30)14-17-6-8-19(9-7-17)18-4-2-1-3-5-18/h1-13H,14-16H2,(H,27,30). The molecule has 1 aliphatic rings. The smallest absolute Gasteiger partial charge is 0.229 e. The topological polar surface area (TPSA) is 81.1 Å². The van der Waals surface area contributed by atoms with Gasteiger partial charge in [0.2, 0.25) is 5.91 Å². The van der Waals surface area contributed by atoms with Crippen molar-refractivity contribution in [2.24, 2.45) is 0 Å². The third-order valence-corrected chi connectivity index (χ3v) is 7.24. The fourth-order valence-corrected chi connectivity index (χ4v) is 5.57. The van der Waals surface area contributed by atoms with Crippen LogP contribution in [-0.4, -0.2) is 24.1 Å². The molecule has 8 heteroatoms. The lowest BCUT2D eigenvalue weighted by Crippen LogP contribution is -2.18. The van der Waals surface area contributed by atoms with Gasteiger partial charge in [0.1, 0.15) is 5.82 Å². The Hall–Kier alpha value is -3.42. The molecule has 0 bridgehead atoms. The number of fused-ring (bicyclic) bond motifs is 1. The van der Waals surface area contributed by atoms with Crippen LogP contribution in [0.25, 0.3) is 16.8 Å². The van der Waals surface area contributed by atoms with Crippen LogP contribution in [-0.2, 0) is 32.6 Å². The maximum atomic E-state index is 12.9. The number of carbonyl (C=O) groups is 1. The second kappa shape index (κ2) is 8.50. The molecule has 1 amide bonds. The number of rotatable bonds is 5. The van der Waals surface area contributed by atoms with Gasteiger partial charge < -0.3 is 5.32 Å². The van der Waals surface area contributed by atoms with Crippen LogP contribution in [0.2, 0.25) is 5.02 Å². The van der Waals surface area contributed by atoms with Crippen molar-refractivity contribution in [3.05, 3.63) is 101 Å². The maximum absolute atomic E-state index is 12.9. The van der Waals surface area contributed by atoms with Crippen LogP contribution in [0.15, 0.2) is 78.9 Å². The average Bonchev–Trinajstić information content (AvgIpc) is 3.27. The highest BCUT2D eigenvalue weighted by Gasteiger charge is 2.33. The molecule has 1 aromatic heterocycles. The Morgan fingerprint density at radius 1 is 0.909 bits per heavy atom. The number of halogens is 1. The van der Waals surface area contributed by atoms with Gasteiger partial charge in [-0.1, -0.05) is 66.2 Å². The molecule has 33 heavy (non-hydrogen) atoms. The monoisotopic (exact) mass is 477 g/mol. The first-order valence-electron chi connectivity index (χ1n) is 10.4. The summed E-state index contributed by atoms with van der Waals surface area (Å²) in [7, 11) is -3.26. The van der Waals surface area contributed by atoms with Crippen LogP contribution in [0.1, 0.15) is 16.8 Å². The van der Waals surface area contributed by atoms with Gasteiger partial charge in [-0.15, -0.1) is 0 Å². The van der Waals surface area contributed by atoms with E-state index < -0.39 is 9.84 Å². The first-order chi connectivity index (χ1) is 15.9. The summed E-state index contributed by atoms with van der Waals surface area (Å²) in [5.74, 6) is -0.131. The maximum Gasteiger partial charge on any atom is 0.229 e. The molecule has 5 rings (SSSR count). The molecule has 1 N–H and O–H groups in total. The van der Waals surface area contributed by atoms with Crippen LogP contribution in [0.3, 0.4) is 0 Å². The molecule has 0 fully saturated rings. The van der Waals surface area contributed by atoms with Gasteiger partial charge in [-0.3, -0.25) is 4.79 Å². The van der Waals surface area contributed by atoms with Gasteiger partial charge in [0.05, 0.1) is 29.3 Å². The summed E-state index contributed by atoms with van der Waals surface area (Å²) in [6.45, 7) is 0. The number of benzene rings is 3. The quantitative estimate of drug-likeness (QED) is 0.447. The average molecular weight is 478 g/mol. The molecule has 0 saturated heterocycles. The Kier molecular flexibility index (Phi) is 5.52. The van der Waals surface area contributed by atoms with Crippen LogP contribution in [0.4, 0.5) is 5.82 Å². The van der Waals surface area contributed by atoms with E-state index in [9.17, 15) is 13.2 Å². The van der Waals surface area contributed by atoms with Crippen molar-refractivity contribution in [3.63, 3.8) is 0 Å². The van der Waals surface area contributed by atoms with E-state index in [4.69, 9.17) is 11.6 Å². The van der Waals surface area contributed by atoms with Crippen molar-refractivity contribution in [2.45, 2.75) is 17.9 Å². The minimum Gasteiger partial charge on any atom is -0.310 e. The number of hydrogen-bond acceptors (Lipinski definition) is 4. The molecule has 0 unspecified atom stereocenters. The van der Waals surface area contributed by atoms with E-state index in [0.717, 1.165) is 16.7 Å². The predicted octanol–water partition coefficient (Wildman–Crippen LogP) is 4.80. The van der Waals surface area contributed by atoms with Gasteiger partial charge in [-0.2, -0.15) is 5.10 Å². The van der Waals surface area contributed by atoms with E-state index in [-0.39, 0.29) is 23.8 Å². The summed E-state index contributed by atoms with van der Waals surface area (Å²) in [6, 6.07) is 24.8. The number of hydrogen-bond donors (Lipinski definition) is 1. The molecule has 166 valence electrons. The van der Waals surface area contributed by atoms with Crippen LogP contribution >= 0.6 is 11.6 Å². The lowest BCUT2D eigenvalue weighted by atomic mass is 10.0. The Bertz CT molecular complexity index is 1430. The lowest BCUT2D eigenvalue weighted by Gasteiger charge is -2.11. The number of nitrogens with one attached hydrogen (secondary N) is 1. The van der Waals surface area contributed by atoms with Gasteiger partial charge >= 0.3 is 0 Å². The zero-order valence-electron chi connectivity index (χ0n) is 17.5. The van der Waals surface area contributed by atoms with Gasteiger partial charge in [0.25, 0.3) is 0 Å². The molecule has 3 aromatic carbocycles. The Morgan fingerprint density at radius 2 is 1.58 bits per heavy atom. The normalized spacial score (nSPS) is 14.1. The highest BCUT2D eigenvalue weighted by atomic mass is 35.5. The summed E-state index contributed by atoms with van der Waals surface area (Å²) in [5, 5.41) is 7.95. The van der Waals surface area contributed by atoms with E-state index in [0.29, 0.717) is 27.8 Å². The molecule has 0 spiro atoms. The SMILES string of the molecule is O=C(Cc1ccc(-c2ccccc2)cc1)Nc1c2c(nn1-c1ccc(Cl)cc1)CS(=O)(=O)C2. The molecule has 0 aliphatic carbocycles. The van der Waals surface area contributed by atoms with Gasteiger partial charge in [0, 0.05) is 10.6 Å². The van der Waals surface area contributed by atoms with Crippen molar-refractivity contribution in [1.82, 2.24) is 9.78 Å². The Morgan fingerprint density at radius 3 is 2.27 bits per heavy atom. The minimum atomic E-state index is -3.26. The second-order valence-electron chi connectivity index (χ2n) is 7.98. The van der Waals surface area contributed by atoms with Crippen LogP contribution < -0.4 is 5.32 Å². The van der Waals surface area contributed by atoms with Gasteiger partial charge in [0.15, 0.2) is 9.84 Å². The van der Waals surface area contributed by atoms with Crippen molar-refractivity contribution < 1.29 is 13.2 Å². The lowest BCUT2D eigenvalue weighted by molar-refractivity contribution is -0.115. The van der Waals surface area contributed by atoms with Crippen molar-refractivity contribution in [1.29, 1.82) is 0 Å². The number of nitrogens with zero attached hydrogens (tertiary/aromatic N) is 2. The third-order valence-electron chi connectivity index (χ3n) is 5.54. The van der Waals surface area contributed by atoms with E-state index >= 15 is 0 Å². The van der Waals surface area contributed by atoms with Gasteiger partial charge in [-0.25, -0.2) is 13.1 Å². The molecule has 0 atom stereocenters. The summed E-state index contributed by atoms with van der Waals surface area (Å²) in [4.78, 5) is 12.9. The molecule has 0 radical (unpaired) electrons. The minimum absolute atomic E-state index is 0.132. The number of anilines is 1. The van der Waals surface area contributed by atoms with Crippen LogP contribution in [0.5, 0.6) is 0 Å². The summed E-state index contributed by atoms with van der Waals surface area (Å²) in [5.41, 5.74) is 4.73. The first kappa shape index (κ1) is 21.4. The largest absolute Gasteiger partial charge is 0.310 e. The fraction of sp³-hybridized carbons (Fsp3) is 0.120. The zero-order chi connectivity index (χ0) is 23.0. The summed E-state index contributed by atoms with van der Waals surface area (Å²) >= 11 is 6.00. The second-order valence-corrected chi connectivity index (χ2v) is 10.5.